The van der Waals surface area contributed by atoms with E-state index < -0.39 is 23.5 Å². The number of carbonyl (C=O) groups is 2. The summed E-state index contributed by atoms with van der Waals surface area (Å²) >= 11 is 0. The van der Waals surface area contributed by atoms with Gasteiger partial charge in [-0.2, -0.15) is 0 Å². The molecule has 1 saturated heterocycles. The second kappa shape index (κ2) is 6.53. The minimum atomic E-state index is -0.703. The zero-order chi connectivity index (χ0) is 20.2. The van der Waals surface area contributed by atoms with Crippen LogP contribution in [0.2, 0.25) is 0 Å². The molecule has 0 aliphatic carbocycles. The van der Waals surface area contributed by atoms with E-state index in [0.717, 1.165) is 16.8 Å². The summed E-state index contributed by atoms with van der Waals surface area (Å²) in [6, 6.07) is 9.11. The summed E-state index contributed by atoms with van der Waals surface area (Å²) in [7, 11) is 1.74. The van der Waals surface area contributed by atoms with E-state index in [9.17, 15) is 9.59 Å². The molecule has 0 saturated carbocycles. The molecule has 1 aromatic heterocycles. The Balaban J connectivity index is 1.56. The van der Waals surface area contributed by atoms with Crippen LogP contribution in [0.4, 0.5) is 5.69 Å². The molecule has 2 unspecified atom stereocenters. The Kier molecular flexibility index (Phi) is 4.07. The van der Waals surface area contributed by atoms with Crippen molar-refractivity contribution < 1.29 is 23.8 Å². The summed E-state index contributed by atoms with van der Waals surface area (Å²) in [4.78, 5) is 30.8. The third-order valence-corrected chi connectivity index (χ3v) is 5.98. The summed E-state index contributed by atoms with van der Waals surface area (Å²) in [6.45, 7) is 1.08. The molecule has 1 aromatic carbocycles. The van der Waals surface area contributed by atoms with E-state index >= 15 is 0 Å². The van der Waals surface area contributed by atoms with E-state index in [1.165, 1.54) is 0 Å². The van der Waals surface area contributed by atoms with Gasteiger partial charge in [-0.15, -0.1) is 0 Å². The monoisotopic (exact) mass is 395 g/mol. The number of nitrogens with zero attached hydrogens (tertiary/aromatic N) is 2. The van der Waals surface area contributed by atoms with Crippen molar-refractivity contribution in [2.45, 2.75) is 18.1 Å². The minimum absolute atomic E-state index is 0.0964. The Morgan fingerprint density at radius 3 is 2.93 bits per heavy atom. The number of pyridine rings is 1. The van der Waals surface area contributed by atoms with Gasteiger partial charge in [0, 0.05) is 31.8 Å². The number of ether oxygens (including phenoxy) is 3. The van der Waals surface area contributed by atoms with Crippen LogP contribution in [0.25, 0.3) is 0 Å². The Bertz CT molecular complexity index is 1000. The molecule has 8 nitrogen and oxygen atoms in total. The quantitative estimate of drug-likeness (QED) is 0.827. The number of anilines is 1. The first kappa shape index (κ1) is 18.1. The van der Waals surface area contributed by atoms with E-state index in [1.807, 2.05) is 24.3 Å². The van der Waals surface area contributed by atoms with Crippen molar-refractivity contribution in [3.8, 4) is 5.75 Å². The van der Waals surface area contributed by atoms with Gasteiger partial charge >= 0.3 is 0 Å². The highest BCUT2D eigenvalue weighted by atomic mass is 16.6. The summed E-state index contributed by atoms with van der Waals surface area (Å²) in [5.74, 6) is -0.604. The number of nitrogens with two attached hydrogens (primary N) is 1. The van der Waals surface area contributed by atoms with E-state index in [1.54, 1.807) is 24.2 Å². The molecule has 3 atom stereocenters. The van der Waals surface area contributed by atoms with Crippen LogP contribution in [-0.2, 0) is 19.9 Å². The van der Waals surface area contributed by atoms with Gasteiger partial charge in [-0.3, -0.25) is 14.6 Å². The molecular formula is C21H21N3O5. The number of hydrogen-bond acceptors (Lipinski definition) is 6. The zero-order valence-electron chi connectivity index (χ0n) is 16.0. The average Bonchev–Trinajstić information content (AvgIpc) is 3.30. The van der Waals surface area contributed by atoms with Gasteiger partial charge in [0.2, 0.25) is 5.91 Å². The Labute approximate surface area is 167 Å². The van der Waals surface area contributed by atoms with Gasteiger partial charge in [0.1, 0.15) is 35.7 Å². The van der Waals surface area contributed by atoms with E-state index in [4.69, 9.17) is 19.9 Å². The Morgan fingerprint density at radius 2 is 2.17 bits per heavy atom. The molecule has 2 aromatic rings. The van der Waals surface area contributed by atoms with E-state index in [2.05, 4.69) is 4.98 Å². The summed E-state index contributed by atoms with van der Waals surface area (Å²) in [6.07, 6.45) is 1.68. The minimum Gasteiger partial charge on any atom is -0.490 e. The lowest BCUT2D eigenvalue weighted by Crippen LogP contribution is -2.38. The fourth-order valence-electron chi connectivity index (χ4n) is 4.43. The third kappa shape index (κ3) is 2.71. The largest absolute Gasteiger partial charge is 0.490 e. The third-order valence-electron chi connectivity index (χ3n) is 5.98. The molecule has 1 fully saturated rings. The first-order chi connectivity index (χ1) is 14.0. The molecule has 4 heterocycles. The second-order valence-electron chi connectivity index (χ2n) is 7.64. The lowest BCUT2D eigenvalue weighted by Gasteiger charge is -2.27. The van der Waals surface area contributed by atoms with Crippen LogP contribution in [0.5, 0.6) is 5.75 Å². The Morgan fingerprint density at radius 1 is 1.34 bits per heavy atom. The van der Waals surface area contributed by atoms with Gasteiger partial charge in [0.05, 0.1) is 12.3 Å². The normalized spacial score (nSPS) is 28.0. The maximum atomic E-state index is 13.3. The van der Waals surface area contributed by atoms with Crippen LogP contribution in [0.15, 0.2) is 36.5 Å². The van der Waals surface area contributed by atoms with Crippen molar-refractivity contribution in [3.05, 3.63) is 53.3 Å². The summed E-state index contributed by atoms with van der Waals surface area (Å²) < 4.78 is 18.1. The topological polar surface area (TPSA) is 104 Å². The first-order valence-corrected chi connectivity index (χ1v) is 9.55. The number of para-hydroxylation sites is 2. The van der Waals surface area contributed by atoms with Gasteiger partial charge in [0.25, 0.3) is 5.91 Å². The molecule has 0 bridgehead atoms. The standard InChI is InChI=1S/C21H21N3O5/c1-24-16-4-2-3-5-17(16)28-10-13(20(24)26)18-12-9-23-15(19(22)25)8-14(12)21(29-18)6-7-27-11-21/h2-5,8-9,13,18H,6-7,10-11H2,1H3,(H2,22,25)/t13-,18?,21?/m0/s1. The number of carbonyl (C=O) groups excluding carboxylic acids is 2. The van der Waals surface area contributed by atoms with Gasteiger partial charge in [-0.05, 0) is 23.8 Å². The Hall–Kier alpha value is -2.97. The average molecular weight is 395 g/mol. The van der Waals surface area contributed by atoms with E-state index in [-0.39, 0.29) is 18.2 Å². The van der Waals surface area contributed by atoms with Crippen molar-refractivity contribution >= 4 is 17.5 Å². The van der Waals surface area contributed by atoms with Crippen molar-refractivity contribution in [2.24, 2.45) is 11.7 Å². The molecule has 2 amide bonds. The van der Waals surface area contributed by atoms with Crippen LogP contribution in [0.3, 0.4) is 0 Å². The lowest BCUT2D eigenvalue weighted by molar-refractivity contribution is -0.138. The maximum absolute atomic E-state index is 13.3. The number of hydrogen-bond donors (Lipinski definition) is 1. The molecule has 8 heteroatoms. The highest BCUT2D eigenvalue weighted by Gasteiger charge is 2.52. The first-order valence-electron chi connectivity index (χ1n) is 9.55. The van der Waals surface area contributed by atoms with Crippen LogP contribution >= 0.6 is 0 Å². The van der Waals surface area contributed by atoms with Gasteiger partial charge < -0.3 is 24.8 Å². The molecule has 0 radical (unpaired) electrons. The van der Waals surface area contributed by atoms with Gasteiger partial charge in [-0.1, -0.05) is 12.1 Å². The maximum Gasteiger partial charge on any atom is 0.267 e. The number of primary amides is 1. The summed E-state index contributed by atoms with van der Waals surface area (Å²) in [5, 5.41) is 0. The van der Waals surface area contributed by atoms with Crippen LogP contribution in [0, 0.1) is 5.92 Å². The van der Waals surface area contributed by atoms with Crippen molar-refractivity contribution in [1.82, 2.24) is 4.98 Å². The molecule has 1 spiro atoms. The predicted molar refractivity (Wildman–Crippen MR) is 103 cm³/mol. The van der Waals surface area contributed by atoms with Crippen LogP contribution in [0.1, 0.15) is 34.1 Å². The molecule has 3 aliphatic rings. The smallest absolute Gasteiger partial charge is 0.267 e. The van der Waals surface area contributed by atoms with Crippen molar-refractivity contribution in [3.63, 3.8) is 0 Å². The molecule has 29 heavy (non-hydrogen) atoms. The highest BCUT2D eigenvalue weighted by Crippen LogP contribution is 2.51. The highest BCUT2D eigenvalue weighted by molar-refractivity contribution is 5.97. The predicted octanol–water partition coefficient (Wildman–Crippen LogP) is 1.54. The molecule has 150 valence electrons. The van der Waals surface area contributed by atoms with Gasteiger partial charge in [-0.25, -0.2) is 0 Å². The number of rotatable bonds is 2. The SMILES string of the molecule is CN1C(=O)[C@H](C2OC3(CCOC3)c3cc(C(N)=O)ncc32)COc2ccccc21. The fraction of sp³-hybridized carbons (Fsp3) is 0.381. The number of amides is 2. The molecular weight excluding hydrogens is 374 g/mol. The zero-order valence-corrected chi connectivity index (χ0v) is 16.0. The van der Waals surface area contributed by atoms with Gasteiger partial charge in [0.15, 0.2) is 0 Å². The molecule has 3 aliphatic heterocycles. The van der Waals surface area contributed by atoms with Crippen LogP contribution in [-0.4, -0.2) is 43.7 Å². The second-order valence-corrected chi connectivity index (χ2v) is 7.64. The lowest BCUT2D eigenvalue weighted by atomic mass is 9.89. The van der Waals surface area contributed by atoms with Crippen LogP contribution < -0.4 is 15.4 Å². The number of benzene rings is 1. The summed E-state index contributed by atoms with van der Waals surface area (Å²) in [5.41, 5.74) is 7.22. The number of aromatic nitrogens is 1. The fourth-order valence-corrected chi connectivity index (χ4v) is 4.43. The van der Waals surface area contributed by atoms with Crippen molar-refractivity contribution in [2.75, 3.05) is 31.8 Å². The number of fused-ring (bicyclic) bond motifs is 3. The van der Waals surface area contributed by atoms with Crippen molar-refractivity contribution in [1.29, 1.82) is 0 Å². The molecule has 2 N–H and O–H groups in total. The van der Waals surface area contributed by atoms with E-state index in [0.29, 0.717) is 25.4 Å². The molecule has 5 rings (SSSR count).